The van der Waals surface area contributed by atoms with E-state index < -0.39 is 0 Å². The molecule has 2 aromatic carbocycles. The molecule has 0 fully saturated rings. The van der Waals surface area contributed by atoms with Crippen LogP contribution >= 0.6 is 0 Å². The van der Waals surface area contributed by atoms with Crippen molar-refractivity contribution in [3.8, 4) is 0 Å². The van der Waals surface area contributed by atoms with Crippen LogP contribution in [0.4, 0.5) is 11.4 Å². The van der Waals surface area contributed by atoms with Crippen molar-refractivity contribution >= 4 is 22.3 Å². The highest BCUT2D eigenvalue weighted by Crippen LogP contribution is 2.25. The third-order valence-corrected chi connectivity index (χ3v) is 2.59. The first-order chi connectivity index (χ1) is 7.93. The van der Waals surface area contributed by atoms with Crippen LogP contribution in [0.25, 0.3) is 10.9 Å². The average Bonchev–Trinajstić information content (AvgIpc) is 2.80. The zero-order valence-electron chi connectivity index (χ0n) is 8.70. The number of aromatic amines is 1. The van der Waals surface area contributed by atoms with Crippen molar-refractivity contribution in [3.63, 3.8) is 0 Å². The summed E-state index contributed by atoms with van der Waals surface area (Å²) in [5.41, 5.74) is 3.34. The van der Waals surface area contributed by atoms with Crippen LogP contribution in [-0.4, -0.2) is 4.98 Å². The second kappa shape index (κ2) is 3.74. The van der Waals surface area contributed by atoms with Crippen LogP contribution in [0.5, 0.6) is 0 Å². The molecule has 1 radical (unpaired) electrons. The maximum absolute atomic E-state index is 3.39. The molecular formula is C14H11N2. The van der Waals surface area contributed by atoms with Gasteiger partial charge < -0.3 is 10.3 Å². The molecular weight excluding hydrogens is 196 g/mol. The van der Waals surface area contributed by atoms with Gasteiger partial charge in [-0.25, -0.2) is 0 Å². The van der Waals surface area contributed by atoms with Gasteiger partial charge >= 0.3 is 0 Å². The van der Waals surface area contributed by atoms with Crippen molar-refractivity contribution in [1.82, 2.24) is 4.98 Å². The molecule has 0 spiro atoms. The minimum atomic E-state index is 1.08. The molecule has 0 atom stereocenters. The number of nitrogens with one attached hydrogen (secondary N) is 2. The fourth-order valence-electron chi connectivity index (χ4n) is 1.82. The van der Waals surface area contributed by atoms with Crippen LogP contribution in [0, 0.1) is 6.07 Å². The van der Waals surface area contributed by atoms with Crippen molar-refractivity contribution in [2.75, 3.05) is 5.32 Å². The Balaban J connectivity index is 2.04. The van der Waals surface area contributed by atoms with Gasteiger partial charge in [-0.05, 0) is 36.4 Å². The molecule has 2 N–H and O–H groups in total. The molecule has 77 valence electrons. The minimum absolute atomic E-state index is 1.08. The average molecular weight is 207 g/mol. The van der Waals surface area contributed by atoms with Crippen LogP contribution in [0.1, 0.15) is 0 Å². The lowest BCUT2D eigenvalue weighted by Gasteiger charge is -2.07. The highest BCUT2D eigenvalue weighted by atomic mass is 14.9. The fourth-order valence-corrected chi connectivity index (χ4v) is 1.82. The van der Waals surface area contributed by atoms with Crippen molar-refractivity contribution in [1.29, 1.82) is 0 Å². The molecule has 0 saturated heterocycles. The smallest absolute Gasteiger partial charge is 0.0479 e. The SMILES string of the molecule is [c]1ccc(Nc2cccc3[nH]ccc23)cc1. The Hall–Kier alpha value is -2.22. The van der Waals surface area contributed by atoms with Crippen LogP contribution in [0.3, 0.4) is 0 Å². The Kier molecular flexibility index (Phi) is 2.11. The molecule has 1 aromatic heterocycles. The molecule has 0 saturated carbocycles. The number of benzene rings is 2. The summed E-state index contributed by atoms with van der Waals surface area (Å²) in [5.74, 6) is 0. The van der Waals surface area contributed by atoms with Gasteiger partial charge in [0.15, 0.2) is 0 Å². The van der Waals surface area contributed by atoms with Gasteiger partial charge in [0.1, 0.15) is 0 Å². The Bertz CT molecular complexity index is 596. The number of rotatable bonds is 2. The predicted molar refractivity (Wildman–Crippen MR) is 66.9 cm³/mol. The Morgan fingerprint density at radius 1 is 1.00 bits per heavy atom. The number of anilines is 2. The molecule has 2 nitrogen and oxygen atoms in total. The van der Waals surface area contributed by atoms with Crippen LogP contribution in [0.2, 0.25) is 0 Å². The Morgan fingerprint density at radius 3 is 2.75 bits per heavy atom. The molecule has 2 heteroatoms. The molecule has 16 heavy (non-hydrogen) atoms. The van der Waals surface area contributed by atoms with E-state index in [-0.39, 0.29) is 0 Å². The third kappa shape index (κ3) is 1.54. The Labute approximate surface area is 93.9 Å². The lowest BCUT2D eigenvalue weighted by Crippen LogP contribution is -1.89. The first-order valence-electron chi connectivity index (χ1n) is 5.23. The summed E-state index contributed by atoms with van der Waals surface area (Å²) in [4.78, 5) is 3.20. The summed E-state index contributed by atoms with van der Waals surface area (Å²) in [5, 5.41) is 4.60. The summed E-state index contributed by atoms with van der Waals surface area (Å²) in [6.07, 6.45) is 1.95. The monoisotopic (exact) mass is 207 g/mol. The van der Waals surface area contributed by atoms with Crippen molar-refractivity contribution in [2.45, 2.75) is 0 Å². The van der Waals surface area contributed by atoms with E-state index in [1.165, 1.54) is 5.39 Å². The van der Waals surface area contributed by atoms with Crippen molar-refractivity contribution in [3.05, 3.63) is 60.8 Å². The van der Waals surface area contributed by atoms with Crippen molar-refractivity contribution < 1.29 is 0 Å². The zero-order chi connectivity index (χ0) is 10.8. The second-order valence-electron chi connectivity index (χ2n) is 3.66. The standard InChI is InChI=1S/C14H11N2/c1-2-5-11(6-3-1)16-14-8-4-7-13-12(14)9-10-15-13/h2-10,15-16H. The van der Waals surface area contributed by atoms with E-state index in [0.29, 0.717) is 0 Å². The fraction of sp³-hybridized carbons (Fsp3) is 0. The molecule has 3 aromatic rings. The number of hydrogen-bond donors (Lipinski definition) is 2. The summed E-state index contributed by atoms with van der Waals surface area (Å²) in [7, 11) is 0. The van der Waals surface area contributed by atoms with Gasteiger partial charge in [-0.1, -0.05) is 18.2 Å². The van der Waals surface area contributed by atoms with E-state index in [2.05, 4.69) is 34.6 Å². The van der Waals surface area contributed by atoms with Crippen LogP contribution in [0.15, 0.2) is 54.7 Å². The zero-order valence-corrected chi connectivity index (χ0v) is 8.70. The van der Waals surface area contributed by atoms with Crippen LogP contribution < -0.4 is 5.32 Å². The number of hydrogen-bond acceptors (Lipinski definition) is 1. The number of aromatic nitrogens is 1. The highest BCUT2D eigenvalue weighted by Gasteiger charge is 2.00. The van der Waals surface area contributed by atoms with E-state index in [0.717, 1.165) is 16.9 Å². The van der Waals surface area contributed by atoms with E-state index in [4.69, 9.17) is 0 Å². The molecule has 0 aliphatic rings. The van der Waals surface area contributed by atoms with Gasteiger partial charge in [-0.3, -0.25) is 0 Å². The lowest BCUT2D eigenvalue weighted by atomic mass is 10.2. The first kappa shape index (κ1) is 9.04. The normalized spacial score (nSPS) is 10.5. The largest absolute Gasteiger partial charge is 0.361 e. The molecule has 0 unspecified atom stereocenters. The Morgan fingerprint density at radius 2 is 1.88 bits per heavy atom. The number of fused-ring (bicyclic) bond motifs is 1. The first-order valence-corrected chi connectivity index (χ1v) is 5.23. The van der Waals surface area contributed by atoms with Crippen LogP contribution in [-0.2, 0) is 0 Å². The van der Waals surface area contributed by atoms with Gasteiger partial charge in [0.25, 0.3) is 0 Å². The number of H-pyrrole nitrogens is 1. The molecule has 3 rings (SSSR count). The topological polar surface area (TPSA) is 27.8 Å². The maximum atomic E-state index is 3.39. The van der Waals surface area contributed by atoms with Gasteiger partial charge in [-0.15, -0.1) is 0 Å². The summed E-state index contributed by atoms with van der Waals surface area (Å²) < 4.78 is 0. The third-order valence-electron chi connectivity index (χ3n) is 2.59. The van der Waals surface area contributed by atoms with Crippen molar-refractivity contribution in [2.24, 2.45) is 0 Å². The van der Waals surface area contributed by atoms with Gasteiger partial charge in [-0.2, -0.15) is 0 Å². The summed E-state index contributed by atoms with van der Waals surface area (Å²) in [6.45, 7) is 0. The van der Waals surface area contributed by atoms with E-state index in [9.17, 15) is 0 Å². The minimum Gasteiger partial charge on any atom is -0.361 e. The van der Waals surface area contributed by atoms with E-state index in [1.807, 2.05) is 36.5 Å². The quantitative estimate of drug-likeness (QED) is 0.658. The second-order valence-corrected chi connectivity index (χ2v) is 3.66. The summed E-state index contributed by atoms with van der Waals surface area (Å²) in [6, 6.07) is 19.1. The lowest BCUT2D eigenvalue weighted by molar-refractivity contribution is 1.48. The van der Waals surface area contributed by atoms with Gasteiger partial charge in [0.2, 0.25) is 0 Å². The van der Waals surface area contributed by atoms with E-state index >= 15 is 0 Å². The maximum Gasteiger partial charge on any atom is 0.0479 e. The molecule has 0 amide bonds. The van der Waals surface area contributed by atoms with Gasteiger partial charge in [0, 0.05) is 28.5 Å². The molecule has 0 bridgehead atoms. The predicted octanol–water partition coefficient (Wildman–Crippen LogP) is 3.71. The molecule has 0 aliphatic heterocycles. The molecule has 0 aliphatic carbocycles. The highest BCUT2D eigenvalue weighted by molar-refractivity contribution is 5.93. The summed E-state index contributed by atoms with van der Waals surface area (Å²) >= 11 is 0. The van der Waals surface area contributed by atoms with E-state index in [1.54, 1.807) is 0 Å². The molecule has 1 heterocycles. The van der Waals surface area contributed by atoms with Gasteiger partial charge in [0.05, 0.1) is 0 Å².